The van der Waals surface area contributed by atoms with Gasteiger partial charge in [0.25, 0.3) is 5.69 Å². The molecule has 19 heavy (non-hydrogen) atoms. The quantitative estimate of drug-likeness (QED) is 0.462. The predicted molar refractivity (Wildman–Crippen MR) is 71.4 cm³/mol. The molecule has 2 N–H and O–H groups in total. The van der Waals surface area contributed by atoms with Gasteiger partial charge in [0, 0.05) is 18.2 Å². The van der Waals surface area contributed by atoms with Gasteiger partial charge in [-0.05, 0) is 30.2 Å². The third-order valence-electron chi connectivity index (χ3n) is 2.59. The summed E-state index contributed by atoms with van der Waals surface area (Å²) in [5.41, 5.74) is 0.700. The second-order valence-corrected chi connectivity index (χ2v) is 3.98. The number of aliphatic hydroxyl groups is 1. The van der Waals surface area contributed by atoms with Crippen LogP contribution < -0.4 is 5.32 Å². The van der Waals surface area contributed by atoms with Gasteiger partial charge >= 0.3 is 0 Å². The molecule has 1 aromatic rings. The second kappa shape index (κ2) is 7.27. The van der Waals surface area contributed by atoms with Crippen molar-refractivity contribution in [3.63, 3.8) is 0 Å². The van der Waals surface area contributed by atoms with Crippen LogP contribution in [0.25, 0.3) is 6.08 Å². The summed E-state index contributed by atoms with van der Waals surface area (Å²) in [5.74, 6) is -0.306. The number of amides is 1. The van der Waals surface area contributed by atoms with Crippen molar-refractivity contribution < 1.29 is 14.8 Å². The molecule has 0 bridgehead atoms. The van der Waals surface area contributed by atoms with Gasteiger partial charge in [-0.15, -0.1) is 0 Å². The Morgan fingerprint density at radius 3 is 2.58 bits per heavy atom. The topological polar surface area (TPSA) is 92.5 Å². The van der Waals surface area contributed by atoms with E-state index in [0.717, 1.165) is 0 Å². The molecule has 1 unspecified atom stereocenters. The Balaban J connectivity index is 2.61. The minimum absolute atomic E-state index is 0.00734. The standard InChI is InChI=1S/C13H16N2O4/c1-2-11(9-16)14-13(17)8-5-10-3-6-12(7-4-10)15(18)19/h3-8,11,16H,2,9H2,1H3,(H,14,17)/b8-5+. The Hall–Kier alpha value is -2.21. The molecule has 0 aliphatic heterocycles. The van der Waals surface area contributed by atoms with Gasteiger partial charge in [0.05, 0.1) is 17.6 Å². The van der Waals surface area contributed by atoms with E-state index in [2.05, 4.69) is 5.32 Å². The molecule has 102 valence electrons. The van der Waals surface area contributed by atoms with E-state index in [9.17, 15) is 14.9 Å². The van der Waals surface area contributed by atoms with Crippen LogP contribution >= 0.6 is 0 Å². The van der Waals surface area contributed by atoms with Crippen LogP contribution in [-0.2, 0) is 4.79 Å². The number of non-ortho nitro benzene ring substituents is 1. The highest BCUT2D eigenvalue weighted by Crippen LogP contribution is 2.12. The average molecular weight is 264 g/mol. The largest absolute Gasteiger partial charge is 0.394 e. The molecule has 1 amide bonds. The highest BCUT2D eigenvalue weighted by molar-refractivity contribution is 5.91. The van der Waals surface area contributed by atoms with E-state index >= 15 is 0 Å². The number of carbonyl (C=O) groups excluding carboxylic acids is 1. The van der Waals surface area contributed by atoms with Crippen molar-refractivity contribution in [1.29, 1.82) is 0 Å². The molecule has 1 aromatic carbocycles. The Bertz CT molecular complexity index is 464. The predicted octanol–water partition coefficient (Wildman–Crippen LogP) is 1.50. The maximum absolute atomic E-state index is 11.5. The summed E-state index contributed by atoms with van der Waals surface area (Å²) in [5, 5.41) is 22.0. The van der Waals surface area contributed by atoms with Crippen LogP contribution in [0.1, 0.15) is 18.9 Å². The number of hydrogen-bond acceptors (Lipinski definition) is 4. The highest BCUT2D eigenvalue weighted by Gasteiger charge is 2.06. The molecule has 0 heterocycles. The van der Waals surface area contributed by atoms with Crippen LogP contribution in [0.5, 0.6) is 0 Å². The van der Waals surface area contributed by atoms with Gasteiger partial charge in [-0.2, -0.15) is 0 Å². The van der Waals surface area contributed by atoms with E-state index in [4.69, 9.17) is 5.11 Å². The lowest BCUT2D eigenvalue weighted by Gasteiger charge is -2.11. The highest BCUT2D eigenvalue weighted by atomic mass is 16.6. The molecule has 0 spiro atoms. The van der Waals surface area contributed by atoms with Crippen LogP contribution in [0.4, 0.5) is 5.69 Å². The van der Waals surface area contributed by atoms with Crippen LogP contribution in [0.3, 0.4) is 0 Å². The second-order valence-electron chi connectivity index (χ2n) is 3.98. The Kier molecular flexibility index (Phi) is 5.69. The molecule has 0 aliphatic carbocycles. The number of aliphatic hydroxyl groups excluding tert-OH is 1. The smallest absolute Gasteiger partial charge is 0.269 e. The molecule has 0 saturated heterocycles. The first-order chi connectivity index (χ1) is 9.06. The summed E-state index contributed by atoms with van der Waals surface area (Å²) in [6, 6.07) is 5.62. The van der Waals surface area contributed by atoms with Crippen molar-refractivity contribution in [2.45, 2.75) is 19.4 Å². The van der Waals surface area contributed by atoms with Gasteiger partial charge in [0.15, 0.2) is 0 Å². The van der Waals surface area contributed by atoms with Gasteiger partial charge in [-0.25, -0.2) is 0 Å². The monoisotopic (exact) mass is 264 g/mol. The van der Waals surface area contributed by atoms with Crippen LogP contribution in [-0.4, -0.2) is 28.6 Å². The lowest BCUT2D eigenvalue weighted by molar-refractivity contribution is -0.384. The van der Waals surface area contributed by atoms with Crippen molar-refractivity contribution in [2.24, 2.45) is 0 Å². The number of rotatable bonds is 6. The zero-order valence-corrected chi connectivity index (χ0v) is 10.6. The zero-order chi connectivity index (χ0) is 14.3. The maximum Gasteiger partial charge on any atom is 0.269 e. The number of nitrogens with zero attached hydrogens (tertiary/aromatic N) is 1. The summed E-state index contributed by atoms with van der Waals surface area (Å²) in [6.07, 6.45) is 3.54. The Labute approximate surface area is 110 Å². The molecule has 6 heteroatoms. The van der Waals surface area contributed by atoms with Gasteiger partial charge in [-0.1, -0.05) is 6.92 Å². The molecular formula is C13H16N2O4. The third kappa shape index (κ3) is 4.89. The van der Waals surface area contributed by atoms with Crippen molar-refractivity contribution in [1.82, 2.24) is 5.32 Å². The first kappa shape index (κ1) is 14.8. The number of benzene rings is 1. The summed E-state index contributed by atoms with van der Waals surface area (Å²) in [6.45, 7) is 1.76. The molecule has 0 radical (unpaired) electrons. The lowest BCUT2D eigenvalue weighted by Crippen LogP contribution is -2.35. The van der Waals surface area contributed by atoms with Crippen molar-refractivity contribution >= 4 is 17.7 Å². The summed E-state index contributed by atoms with van der Waals surface area (Å²) in [4.78, 5) is 21.5. The van der Waals surface area contributed by atoms with Gasteiger partial charge in [0.1, 0.15) is 0 Å². The average Bonchev–Trinajstić information content (AvgIpc) is 2.43. The number of nitro groups is 1. The normalized spacial score (nSPS) is 12.3. The van der Waals surface area contributed by atoms with E-state index < -0.39 is 4.92 Å². The van der Waals surface area contributed by atoms with Crippen molar-refractivity contribution in [3.05, 3.63) is 46.0 Å². The number of hydrogen-bond donors (Lipinski definition) is 2. The molecular weight excluding hydrogens is 248 g/mol. The van der Waals surface area contributed by atoms with Gasteiger partial charge < -0.3 is 10.4 Å². The van der Waals surface area contributed by atoms with E-state index in [1.807, 2.05) is 6.92 Å². The van der Waals surface area contributed by atoms with E-state index in [1.165, 1.54) is 18.2 Å². The van der Waals surface area contributed by atoms with Crippen LogP contribution in [0, 0.1) is 10.1 Å². The molecule has 6 nitrogen and oxygen atoms in total. The van der Waals surface area contributed by atoms with Gasteiger partial charge in [0.2, 0.25) is 5.91 Å². The Morgan fingerprint density at radius 2 is 2.11 bits per heavy atom. The summed E-state index contributed by atoms with van der Waals surface area (Å²) < 4.78 is 0. The number of nitrogens with one attached hydrogen (secondary N) is 1. The molecule has 0 saturated carbocycles. The molecule has 0 aromatic heterocycles. The first-order valence-corrected chi connectivity index (χ1v) is 5.90. The minimum atomic E-state index is -0.479. The van der Waals surface area contributed by atoms with Crippen LogP contribution in [0.2, 0.25) is 0 Å². The molecule has 1 atom stereocenters. The summed E-state index contributed by atoms with van der Waals surface area (Å²) in [7, 11) is 0. The van der Waals surface area contributed by atoms with Gasteiger partial charge in [-0.3, -0.25) is 14.9 Å². The zero-order valence-electron chi connectivity index (χ0n) is 10.6. The number of carbonyl (C=O) groups is 1. The molecule has 0 fully saturated rings. The Morgan fingerprint density at radius 1 is 1.47 bits per heavy atom. The van der Waals surface area contributed by atoms with Crippen LogP contribution in [0.15, 0.2) is 30.3 Å². The lowest BCUT2D eigenvalue weighted by atomic mass is 10.2. The molecule has 1 rings (SSSR count). The van der Waals surface area contributed by atoms with Crippen molar-refractivity contribution in [2.75, 3.05) is 6.61 Å². The SMILES string of the molecule is CCC(CO)NC(=O)/C=C/c1ccc([N+](=O)[O-])cc1. The van der Waals surface area contributed by atoms with E-state index in [0.29, 0.717) is 12.0 Å². The number of nitro benzene ring substituents is 1. The summed E-state index contributed by atoms with van der Waals surface area (Å²) >= 11 is 0. The minimum Gasteiger partial charge on any atom is -0.394 e. The van der Waals surface area contributed by atoms with Crippen molar-refractivity contribution in [3.8, 4) is 0 Å². The third-order valence-corrected chi connectivity index (χ3v) is 2.59. The fraction of sp³-hybridized carbons (Fsp3) is 0.308. The first-order valence-electron chi connectivity index (χ1n) is 5.90. The fourth-order valence-corrected chi connectivity index (χ4v) is 1.41. The molecule has 0 aliphatic rings. The fourth-order valence-electron chi connectivity index (χ4n) is 1.41. The van der Waals surface area contributed by atoms with E-state index in [-0.39, 0.29) is 24.2 Å². The van der Waals surface area contributed by atoms with E-state index in [1.54, 1.807) is 18.2 Å². The maximum atomic E-state index is 11.5.